The van der Waals surface area contributed by atoms with E-state index in [2.05, 4.69) is 25.4 Å². The van der Waals surface area contributed by atoms with Crippen molar-refractivity contribution in [3.8, 4) is 16.9 Å². The molecule has 3 aromatic heterocycles. The fourth-order valence-electron chi connectivity index (χ4n) is 3.02. The molecule has 33 heavy (non-hydrogen) atoms. The molecular weight excluding hydrogens is 461 g/mol. The zero-order valence-corrected chi connectivity index (χ0v) is 17.6. The number of alkyl halides is 2. The number of carboxylic acids is 1. The van der Waals surface area contributed by atoms with Crippen LogP contribution in [0, 0.1) is 12.7 Å². The van der Waals surface area contributed by atoms with Gasteiger partial charge in [0.25, 0.3) is 6.43 Å². The van der Waals surface area contributed by atoms with Crippen LogP contribution in [-0.2, 0) is 0 Å². The highest BCUT2D eigenvalue weighted by Crippen LogP contribution is 2.29. The number of carbonyl (C=O) groups is 1. The van der Waals surface area contributed by atoms with Crippen LogP contribution in [-0.4, -0.2) is 35.8 Å². The van der Waals surface area contributed by atoms with E-state index in [0.717, 1.165) is 6.07 Å². The van der Waals surface area contributed by atoms with Crippen LogP contribution in [0.25, 0.3) is 16.9 Å². The van der Waals surface area contributed by atoms with Crippen LogP contribution in [0.2, 0.25) is 5.02 Å². The number of pyridine rings is 1. The summed E-state index contributed by atoms with van der Waals surface area (Å²) in [5.74, 6) is -1.63. The summed E-state index contributed by atoms with van der Waals surface area (Å²) < 4.78 is 41.1. The quantitative estimate of drug-likeness (QED) is 0.395. The van der Waals surface area contributed by atoms with Crippen LogP contribution >= 0.6 is 11.6 Å². The summed E-state index contributed by atoms with van der Waals surface area (Å²) in [7, 11) is 0. The SMILES string of the molecule is Cc1cc(C(F)F)nn1-c1nc(Nc2ccc(F)c(Cl)c2)ncc1-c1cncc(C(=O)O)c1. The highest BCUT2D eigenvalue weighted by atomic mass is 35.5. The van der Waals surface area contributed by atoms with Crippen LogP contribution in [0.1, 0.15) is 28.2 Å². The first-order valence-electron chi connectivity index (χ1n) is 9.36. The van der Waals surface area contributed by atoms with Gasteiger partial charge in [-0.1, -0.05) is 11.6 Å². The van der Waals surface area contributed by atoms with E-state index >= 15 is 0 Å². The fraction of sp³-hybridized carbons (Fsp3) is 0.0952. The van der Waals surface area contributed by atoms with Crippen molar-refractivity contribution in [3.63, 3.8) is 0 Å². The molecule has 0 aliphatic rings. The summed E-state index contributed by atoms with van der Waals surface area (Å²) in [6, 6.07) is 6.50. The summed E-state index contributed by atoms with van der Waals surface area (Å²) in [5, 5.41) is 16.0. The maximum atomic E-state index is 13.5. The van der Waals surface area contributed by atoms with Gasteiger partial charge in [-0.15, -0.1) is 0 Å². The predicted molar refractivity (Wildman–Crippen MR) is 114 cm³/mol. The highest BCUT2D eigenvalue weighted by Gasteiger charge is 2.20. The minimum Gasteiger partial charge on any atom is -0.478 e. The molecule has 0 fully saturated rings. The Labute approximate surface area is 189 Å². The molecule has 0 unspecified atom stereocenters. The third-order valence-electron chi connectivity index (χ3n) is 4.57. The van der Waals surface area contributed by atoms with Gasteiger partial charge in [0.2, 0.25) is 5.95 Å². The molecule has 0 saturated carbocycles. The predicted octanol–water partition coefficient (Wildman–Crippen LogP) is 5.20. The summed E-state index contributed by atoms with van der Waals surface area (Å²) in [4.78, 5) is 23.9. The lowest BCUT2D eigenvalue weighted by molar-refractivity contribution is 0.0696. The average molecular weight is 475 g/mol. The summed E-state index contributed by atoms with van der Waals surface area (Å²) >= 11 is 5.81. The van der Waals surface area contributed by atoms with Crippen LogP contribution < -0.4 is 5.32 Å². The van der Waals surface area contributed by atoms with E-state index in [1.165, 1.54) is 47.5 Å². The van der Waals surface area contributed by atoms with Gasteiger partial charge in [0, 0.05) is 41.1 Å². The van der Waals surface area contributed by atoms with Gasteiger partial charge in [-0.2, -0.15) is 10.1 Å². The van der Waals surface area contributed by atoms with Crippen LogP contribution in [0.4, 0.5) is 24.8 Å². The molecule has 4 aromatic rings. The van der Waals surface area contributed by atoms with E-state index in [-0.39, 0.29) is 22.4 Å². The van der Waals surface area contributed by atoms with Crippen molar-refractivity contribution in [2.24, 2.45) is 0 Å². The summed E-state index contributed by atoms with van der Waals surface area (Å²) in [5.41, 5.74) is 0.875. The number of nitrogens with one attached hydrogen (secondary N) is 1. The van der Waals surface area contributed by atoms with Crippen molar-refractivity contribution >= 4 is 29.2 Å². The average Bonchev–Trinajstić information content (AvgIpc) is 3.18. The summed E-state index contributed by atoms with van der Waals surface area (Å²) in [6.07, 6.45) is 1.15. The monoisotopic (exact) mass is 474 g/mol. The lowest BCUT2D eigenvalue weighted by atomic mass is 10.1. The van der Waals surface area contributed by atoms with Gasteiger partial charge < -0.3 is 10.4 Å². The van der Waals surface area contributed by atoms with Crippen molar-refractivity contribution in [3.05, 3.63) is 76.7 Å². The Morgan fingerprint density at radius 3 is 2.64 bits per heavy atom. The molecule has 0 spiro atoms. The maximum Gasteiger partial charge on any atom is 0.337 e. The lowest BCUT2D eigenvalue weighted by Crippen LogP contribution is -2.09. The molecule has 0 amide bonds. The molecule has 0 saturated heterocycles. The Morgan fingerprint density at radius 2 is 1.97 bits per heavy atom. The Kier molecular flexibility index (Phi) is 5.97. The Balaban J connectivity index is 1.85. The first-order valence-corrected chi connectivity index (χ1v) is 9.73. The molecule has 2 N–H and O–H groups in total. The molecule has 1 aromatic carbocycles. The third-order valence-corrected chi connectivity index (χ3v) is 4.86. The lowest BCUT2D eigenvalue weighted by Gasteiger charge is -2.13. The second-order valence-corrected chi connectivity index (χ2v) is 7.28. The van der Waals surface area contributed by atoms with Gasteiger partial charge >= 0.3 is 5.97 Å². The number of anilines is 2. The van der Waals surface area contributed by atoms with Gasteiger partial charge in [-0.3, -0.25) is 4.98 Å². The Hall–Kier alpha value is -3.99. The van der Waals surface area contributed by atoms with E-state index in [1.807, 2.05) is 0 Å². The van der Waals surface area contributed by atoms with E-state index < -0.39 is 23.9 Å². The zero-order chi connectivity index (χ0) is 23.7. The molecule has 0 aliphatic heterocycles. The van der Waals surface area contributed by atoms with Gasteiger partial charge in [0.05, 0.1) is 10.6 Å². The number of hydrogen-bond acceptors (Lipinski definition) is 6. The van der Waals surface area contributed by atoms with Gasteiger partial charge in [0.1, 0.15) is 11.5 Å². The normalized spacial score (nSPS) is 11.1. The minimum atomic E-state index is -2.80. The van der Waals surface area contributed by atoms with Crippen molar-refractivity contribution in [1.29, 1.82) is 0 Å². The standard InChI is InChI=1S/C21H14ClF3N6O2/c1-10-4-17(18(24)25)30-31(10)19-14(11-5-12(20(32)33)8-26-7-11)9-27-21(29-19)28-13-2-3-16(23)15(22)6-13/h2-9,18H,1H3,(H,32,33)(H,27,28,29). The first-order chi connectivity index (χ1) is 15.7. The molecule has 3 heterocycles. The van der Waals surface area contributed by atoms with Crippen molar-refractivity contribution in [1.82, 2.24) is 24.7 Å². The summed E-state index contributed by atoms with van der Waals surface area (Å²) in [6.45, 7) is 1.57. The Morgan fingerprint density at radius 1 is 1.18 bits per heavy atom. The van der Waals surface area contributed by atoms with Crippen LogP contribution in [0.15, 0.2) is 48.9 Å². The second-order valence-electron chi connectivity index (χ2n) is 6.88. The molecule has 0 aliphatic carbocycles. The Bertz CT molecular complexity index is 1360. The number of rotatable bonds is 6. The number of aromatic carboxylic acids is 1. The molecular formula is C21H14ClF3N6O2. The molecule has 0 radical (unpaired) electrons. The van der Waals surface area contributed by atoms with Crippen molar-refractivity contribution in [2.45, 2.75) is 13.3 Å². The molecule has 0 atom stereocenters. The number of carboxylic acid groups (broad SMARTS) is 1. The van der Waals surface area contributed by atoms with E-state index in [1.54, 1.807) is 6.92 Å². The zero-order valence-electron chi connectivity index (χ0n) is 16.8. The van der Waals surface area contributed by atoms with E-state index in [0.29, 0.717) is 22.5 Å². The number of aromatic nitrogens is 5. The van der Waals surface area contributed by atoms with E-state index in [9.17, 15) is 23.1 Å². The molecule has 168 valence electrons. The largest absolute Gasteiger partial charge is 0.478 e. The molecule has 8 nitrogen and oxygen atoms in total. The third kappa shape index (κ3) is 4.62. The number of aryl methyl sites for hydroxylation is 1. The van der Waals surface area contributed by atoms with Crippen molar-refractivity contribution in [2.75, 3.05) is 5.32 Å². The molecule has 12 heteroatoms. The number of hydrogen-bond donors (Lipinski definition) is 2. The smallest absolute Gasteiger partial charge is 0.337 e. The number of benzene rings is 1. The molecule has 0 bridgehead atoms. The van der Waals surface area contributed by atoms with Gasteiger partial charge in [0.15, 0.2) is 5.82 Å². The van der Waals surface area contributed by atoms with E-state index in [4.69, 9.17) is 11.6 Å². The first kappa shape index (κ1) is 22.2. The second kappa shape index (κ2) is 8.87. The minimum absolute atomic E-state index is 0.0484. The van der Waals surface area contributed by atoms with Gasteiger partial charge in [-0.25, -0.2) is 27.6 Å². The number of nitrogens with zero attached hydrogens (tertiary/aromatic N) is 5. The maximum absolute atomic E-state index is 13.5. The van der Waals surface area contributed by atoms with Gasteiger partial charge in [-0.05, 0) is 37.3 Å². The topological polar surface area (TPSA) is 106 Å². The van der Waals surface area contributed by atoms with Crippen LogP contribution in [0.3, 0.4) is 0 Å². The highest BCUT2D eigenvalue weighted by molar-refractivity contribution is 6.31. The number of halogens is 4. The fourth-order valence-corrected chi connectivity index (χ4v) is 3.21. The van der Waals surface area contributed by atoms with Crippen LogP contribution in [0.5, 0.6) is 0 Å². The molecule has 4 rings (SSSR count). The van der Waals surface area contributed by atoms with Crippen molar-refractivity contribution < 1.29 is 23.1 Å².